The minimum atomic E-state index is 0.0460. The van der Waals surface area contributed by atoms with E-state index in [0.717, 1.165) is 29.7 Å². The van der Waals surface area contributed by atoms with Crippen LogP contribution in [0.15, 0.2) is 36.4 Å². The fourth-order valence-electron chi connectivity index (χ4n) is 2.93. The van der Waals surface area contributed by atoms with Gasteiger partial charge in [-0.15, -0.1) is 0 Å². The van der Waals surface area contributed by atoms with Gasteiger partial charge in [0.1, 0.15) is 5.75 Å². The first-order valence-electron chi connectivity index (χ1n) is 7.48. The molecule has 0 spiro atoms. The molecule has 0 amide bonds. The summed E-state index contributed by atoms with van der Waals surface area (Å²) < 4.78 is 5.68. The van der Waals surface area contributed by atoms with Gasteiger partial charge in [-0.1, -0.05) is 29.8 Å². The molecule has 0 radical (unpaired) electrons. The quantitative estimate of drug-likeness (QED) is 0.790. The van der Waals surface area contributed by atoms with Crippen LogP contribution in [0.5, 0.6) is 5.75 Å². The number of hydrogen-bond acceptors (Lipinski definition) is 2. The summed E-state index contributed by atoms with van der Waals surface area (Å²) in [7, 11) is 0. The third-order valence-corrected chi connectivity index (χ3v) is 4.11. The van der Waals surface area contributed by atoms with Crippen molar-refractivity contribution < 1.29 is 9.53 Å². The maximum atomic E-state index is 12.3. The third kappa shape index (κ3) is 2.99. The number of fused-ring (bicyclic) bond motifs is 1. The molecule has 0 bridgehead atoms. The summed E-state index contributed by atoms with van der Waals surface area (Å²) in [4.78, 5) is 12.3. The van der Waals surface area contributed by atoms with Gasteiger partial charge in [-0.2, -0.15) is 0 Å². The lowest BCUT2D eigenvalue weighted by Gasteiger charge is -2.10. The lowest BCUT2D eigenvalue weighted by molar-refractivity contribution is 0.0921. The number of ether oxygens (including phenoxy) is 1. The molecule has 2 aromatic rings. The molecule has 2 aromatic carbocycles. The van der Waals surface area contributed by atoms with Crippen molar-refractivity contribution in [1.82, 2.24) is 0 Å². The summed E-state index contributed by atoms with van der Waals surface area (Å²) in [6, 6.07) is 12.1. The van der Waals surface area contributed by atoms with Crippen LogP contribution < -0.4 is 4.74 Å². The molecule has 0 atom stereocenters. The van der Waals surface area contributed by atoms with Crippen molar-refractivity contribution in [2.75, 3.05) is 6.61 Å². The van der Waals surface area contributed by atoms with Crippen molar-refractivity contribution in [2.24, 2.45) is 0 Å². The van der Waals surface area contributed by atoms with Crippen LogP contribution in [0.2, 0.25) is 0 Å². The van der Waals surface area contributed by atoms with E-state index >= 15 is 0 Å². The fourth-order valence-corrected chi connectivity index (χ4v) is 2.93. The van der Waals surface area contributed by atoms with Gasteiger partial charge >= 0.3 is 0 Å². The molecule has 2 nitrogen and oxygen atoms in total. The smallest absolute Gasteiger partial charge is 0.200 e. The molecule has 21 heavy (non-hydrogen) atoms. The minimum Gasteiger partial charge on any atom is -0.485 e. The van der Waals surface area contributed by atoms with Crippen molar-refractivity contribution in [1.29, 1.82) is 0 Å². The molecular weight excluding hydrogens is 260 g/mol. The van der Waals surface area contributed by atoms with Crippen molar-refractivity contribution in [3.8, 4) is 5.75 Å². The SMILES string of the molecule is Cc1ccc(OCC(=O)c2ccc3c(c2)CCC3)c(C)c1. The number of aryl methyl sites for hydroxylation is 4. The van der Waals surface area contributed by atoms with Gasteiger partial charge in [0.05, 0.1) is 0 Å². The van der Waals surface area contributed by atoms with Gasteiger partial charge in [-0.3, -0.25) is 4.79 Å². The van der Waals surface area contributed by atoms with Gasteiger partial charge in [0.15, 0.2) is 12.4 Å². The molecule has 2 heteroatoms. The Morgan fingerprint density at radius 1 is 1.05 bits per heavy atom. The van der Waals surface area contributed by atoms with Crippen molar-refractivity contribution in [3.63, 3.8) is 0 Å². The van der Waals surface area contributed by atoms with Crippen molar-refractivity contribution >= 4 is 5.78 Å². The molecule has 3 rings (SSSR count). The van der Waals surface area contributed by atoms with Crippen molar-refractivity contribution in [3.05, 3.63) is 64.2 Å². The first kappa shape index (κ1) is 13.9. The summed E-state index contributed by atoms with van der Waals surface area (Å²) in [5.41, 5.74) is 5.75. The predicted octanol–water partition coefficient (Wildman–Crippen LogP) is 4.05. The summed E-state index contributed by atoms with van der Waals surface area (Å²) in [5, 5.41) is 0. The molecule has 0 unspecified atom stereocenters. The highest BCUT2D eigenvalue weighted by Crippen LogP contribution is 2.23. The normalized spacial score (nSPS) is 13.0. The number of carbonyl (C=O) groups is 1. The van der Waals surface area contributed by atoms with E-state index in [4.69, 9.17) is 4.74 Å². The van der Waals surface area contributed by atoms with Crippen LogP contribution >= 0.6 is 0 Å². The van der Waals surface area contributed by atoms with E-state index in [1.165, 1.54) is 23.1 Å². The Balaban J connectivity index is 1.69. The number of carbonyl (C=O) groups excluding carboxylic acids is 1. The zero-order chi connectivity index (χ0) is 14.8. The largest absolute Gasteiger partial charge is 0.485 e. The zero-order valence-corrected chi connectivity index (χ0v) is 12.6. The molecule has 0 aromatic heterocycles. The molecule has 0 saturated heterocycles. The van der Waals surface area contributed by atoms with E-state index in [0.29, 0.717) is 0 Å². The molecule has 1 aliphatic rings. The highest BCUT2D eigenvalue weighted by atomic mass is 16.5. The lowest BCUT2D eigenvalue weighted by Crippen LogP contribution is -2.12. The number of ketones is 1. The first-order chi connectivity index (χ1) is 10.1. The second kappa shape index (κ2) is 5.72. The Morgan fingerprint density at radius 2 is 1.86 bits per heavy atom. The molecule has 108 valence electrons. The summed E-state index contributed by atoms with van der Waals surface area (Å²) >= 11 is 0. The fraction of sp³-hybridized carbons (Fsp3) is 0.316. The predicted molar refractivity (Wildman–Crippen MR) is 84.2 cm³/mol. The Morgan fingerprint density at radius 3 is 2.67 bits per heavy atom. The van der Waals surface area contributed by atoms with Crippen LogP contribution in [0.3, 0.4) is 0 Å². The highest BCUT2D eigenvalue weighted by molar-refractivity contribution is 5.97. The Labute approximate surface area is 125 Å². The van der Waals surface area contributed by atoms with E-state index in [2.05, 4.69) is 12.1 Å². The van der Waals surface area contributed by atoms with Gasteiger partial charge in [0.25, 0.3) is 0 Å². The maximum absolute atomic E-state index is 12.3. The highest BCUT2D eigenvalue weighted by Gasteiger charge is 2.14. The molecule has 0 saturated carbocycles. The molecule has 0 N–H and O–H groups in total. The van der Waals surface area contributed by atoms with Gasteiger partial charge in [-0.25, -0.2) is 0 Å². The van der Waals surface area contributed by atoms with Crippen LogP contribution in [-0.2, 0) is 12.8 Å². The standard InChI is InChI=1S/C19H20O2/c1-13-6-9-19(14(2)10-13)21-12-18(20)17-8-7-15-4-3-5-16(15)11-17/h6-11H,3-5,12H2,1-2H3. The maximum Gasteiger partial charge on any atom is 0.200 e. The van der Waals surface area contributed by atoms with Gasteiger partial charge in [0, 0.05) is 5.56 Å². The second-order valence-electron chi connectivity index (χ2n) is 5.82. The summed E-state index contributed by atoms with van der Waals surface area (Å²) in [6.45, 7) is 4.15. The van der Waals surface area contributed by atoms with Gasteiger partial charge in [-0.05, 0) is 61.9 Å². The number of benzene rings is 2. The Hall–Kier alpha value is -2.09. The van der Waals surface area contributed by atoms with Crippen molar-refractivity contribution in [2.45, 2.75) is 33.1 Å². The zero-order valence-electron chi connectivity index (χ0n) is 12.6. The van der Waals surface area contributed by atoms with Crippen LogP contribution in [-0.4, -0.2) is 12.4 Å². The molecule has 0 aliphatic heterocycles. The molecule has 0 fully saturated rings. The van der Waals surface area contributed by atoms with E-state index in [-0.39, 0.29) is 12.4 Å². The monoisotopic (exact) mass is 280 g/mol. The van der Waals surface area contributed by atoms with Crippen LogP contribution in [0.25, 0.3) is 0 Å². The van der Waals surface area contributed by atoms with E-state index in [9.17, 15) is 4.79 Å². The first-order valence-corrected chi connectivity index (χ1v) is 7.48. The average Bonchev–Trinajstić information content (AvgIpc) is 2.93. The number of rotatable bonds is 4. The second-order valence-corrected chi connectivity index (χ2v) is 5.82. The van der Waals surface area contributed by atoms with Crippen LogP contribution in [0.4, 0.5) is 0 Å². The van der Waals surface area contributed by atoms with E-state index in [1.807, 2.05) is 38.1 Å². The topological polar surface area (TPSA) is 26.3 Å². The third-order valence-electron chi connectivity index (χ3n) is 4.11. The molecule has 0 heterocycles. The summed E-state index contributed by atoms with van der Waals surface area (Å²) in [6.07, 6.45) is 3.43. The van der Waals surface area contributed by atoms with Gasteiger partial charge in [0.2, 0.25) is 0 Å². The average molecular weight is 280 g/mol. The van der Waals surface area contributed by atoms with Gasteiger partial charge < -0.3 is 4.74 Å². The lowest BCUT2D eigenvalue weighted by atomic mass is 10.0. The number of Topliss-reactive ketones (excluding diaryl/α,β-unsaturated/α-hetero) is 1. The Bertz CT molecular complexity index is 686. The Kier molecular flexibility index (Phi) is 3.78. The van der Waals surface area contributed by atoms with Crippen LogP contribution in [0, 0.1) is 13.8 Å². The molecular formula is C19H20O2. The summed E-state index contributed by atoms with van der Waals surface area (Å²) in [5.74, 6) is 0.833. The van der Waals surface area contributed by atoms with E-state index < -0.39 is 0 Å². The van der Waals surface area contributed by atoms with Crippen LogP contribution in [0.1, 0.15) is 39.0 Å². The van der Waals surface area contributed by atoms with E-state index in [1.54, 1.807) is 0 Å². The molecule has 1 aliphatic carbocycles. The number of hydrogen-bond donors (Lipinski definition) is 0. The minimum absolute atomic E-state index is 0.0460.